The molecule has 2 aliphatic rings. The molecule has 0 aromatic rings. The molecule has 2 rings (SSSR count). The second-order valence-electron chi connectivity index (χ2n) is 6.40. The van der Waals surface area contributed by atoms with Crippen LogP contribution in [0, 0.1) is 11.8 Å². The summed E-state index contributed by atoms with van der Waals surface area (Å²) < 4.78 is 0. The van der Waals surface area contributed by atoms with Gasteiger partial charge in [0.1, 0.15) is 0 Å². The molecule has 1 aliphatic heterocycles. The summed E-state index contributed by atoms with van der Waals surface area (Å²) in [6.45, 7) is 5.16. The Balaban J connectivity index is 1.89. The molecular formula is C15H27N3O2. The Labute approximate surface area is 121 Å². The molecule has 20 heavy (non-hydrogen) atoms. The van der Waals surface area contributed by atoms with Crippen LogP contribution in [0.1, 0.15) is 46.0 Å². The number of nitrogens with zero attached hydrogens (tertiary/aromatic N) is 1. The minimum absolute atomic E-state index is 0.0118. The smallest absolute Gasteiger partial charge is 0.227 e. The highest BCUT2D eigenvalue weighted by molar-refractivity contribution is 5.80. The van der Waals surface area contributed by atoms with E-state index in [2.05, 4.69) is 12.2 Å². The summed E-state index contributed by atoms with van der Waals surface area (Å²) in [6.07, 6.45) is 4.90. The second kappa shape index (κ2) is 6.57. The van der Waals surface area contributed by atoms with Crippen molar-refractivity contribution in [1.29, 1.82) is 0 Å². The lowest BCUT2D eigenvalue weighted by Crippen LogP contribution is -2.52. The number of nitrogens with two attached hydrogens (primary N) is 1. The molecule has 5 heteroatoms. The lowest BCUT2D eigenvalue weighted by Gasteiger charge is -2.39. The van der Waals surface area contributed by atoms with E-state index in [0.29, 0.717) is 5.92 Å². The van der Waals surface area contributed by atoms with E-state index in [-0.39, 0.29) is 29.8 Å². The highest BCUT2D eigenvalue weighted by Gasteiger charge is 2.37. The third-order valence-corrected chi connectivity index (χ3v) is 4.77. The summed E-state index contributed by atoms with van der Waals surface area (Å²) in [6, 6.07) is 0.230. The van der Waals surface area contributed by atoms with Crippen LogP contribution in [0.15, 0.2) is 0 Å². The van der Waals surface area contributed by atoms with E-state index in [4.69, 9.17) is 5.73 Å². The number of hydrogen-bond acceptors (Lipinski definition) is 3. The topological polar surface area (TPSA) is 75.4 Å². The lowest BCUT2D eigenvalue weighted by molar-refractivity contribution is -0.140. The molecule has 0 aromatic heterocycles. The molecule has 3 N–H and O–H groups in total. The van der Waals surface area contributed by atoms with Crippen LogP contribution in [0.4, 0.5) is 0 Å². The fourth-order valence-corrected chi connectivity index (χ4v) is 3.63. The highest BCUT2D eigenvalue weighted by Crippen LogP contribution is 2.31. The van der Waals surface area contributed by atoms with Gasteiger partial charge in [0.15, 0.2) is 0 Å². The Morgan fingerprint density at radius 2 is 1.80 bits per heavy atom. The lowest BCUT2D eigenvalue weighted by atomic mass is 9.76. The Kier molecular flexibility index (Phi) is 5.02. The van der Waals surface area contributed by atoms with E-state index in [1.165, 1.54) is 0 Å². The number of amides is 2. The summed E-state index contributed by atoms with van der Waals surface area (Å²) in [5.74, 6) is 0.615. The highest BCUT2D eigenvalue weighted by atomic mass is 16.2. The second-order valence-corrected chi connectivity index (χ2v) is 6.40. The predicted octanol–water partition coefficient (Wildman–Crippen LogP) is 0.877. The number of piperidine rings is 1. The van der Waals surface area contributed by atoms with Crippen LogP contribution in [-0.2, 0) is 9.59 Å². The average molecular weight is 281 g/mol. The molecule has 1 aliphatic carbocycles. The zero-order valence-electron chi connectivity index (χ0n) is 12.6. The van der Waals surface area contributed by atoms with Crippen LogP contribution in [0.3, 0.4) is 0 Å². The van der Waals surface area contributed by atoms with Crippen molar-refractivity contribution in [2.75, 3.05) is 13.1 Å². The molecule has 0 spiro atoms. The van der Waals surface area contributed by atoms with Gasteiger partial charge in [0.05, 0.1) is 5.92 Å². The third kappa shape index (κ3) is 3.51. The van der Waals surface area contributed by atoms with Gasteiger partial charge in [-0.15, -0.1) is 0 Å². The molecule has 2 fully saturated rings. The zero-order valence-corrected chi connectivity index (χ0v) is 12.6. The first-order valence-corrected chi connectivity index (χ1v) is 7.80. The van der Waals surface area contributed by atoms with Crippen molar-refractivity contribution in [3.63, 3.8) is 0 Å². The van der Waals surface area contributed by atoms with Gasteiger partial charge in [0.2, 0.25) is 11.8 Å². The van der Waals surface area contributed by atoms with Crippen molar-refractivity contribution in [3.05, 3.63) is 0 Å². The fraction of sp³-hybridized carbons (Fsp3) is 0.867. The van der Waals surface area contributed by atoms with Crippen molar-refractivity contribution >= 4 is 11.8 Å². The van der Waals surface area contributed by atoms with Gasteiger partial charge in [0, 0.05) is 32.1 Å². The van der Waals surface area contributed by atoms with Crippen molar-refractivity contribution in [2.24, 2.45) is 17.6 Å². The van der Waals surface area contributed by atoms with Crippen LogP contribution >= 0.6 is 0 Å². The number of carbonyl (C=O) groups is 2. The number of hydrogen-bond donors (Lipinski definition) is 2. The molecule has 1 heterocycles. The quantitative estimate of drug-likeness (QED) is 0.789. The molecule has 3 unspecified atom stereocenters. The van der Waals surface area contributed by atoms with Gasteiger partial charge in [-0.3, -0.25) is 9.59 Å². The molecule has 114 valence electrons. The van der Waals surface area contributed by atoms with Gasteiger partial charge >= 0.3 is 0 Å². The van der Waals surface area contributed by atoms with E-state index in [9.17, 15) is 9.59 Å². The maximum atomic E-state index is 12.7. The first-order valence-electron chi connectivity index (χ1n) is 7.80. The summed E-state index contributed by atoms with van der Waals surface area (Å²) in [5, 5.41) is 2.94. The SMILES string of the molecule is CC(=O)NC1CCN(C(=O)C2C(C)CCCC2N)CC1. The van der Waals surface area contributed by atoms with Crippen molar-refractivity contribution < 1.29 is 9.59 Å². The average Bonchev–Trinajstić information content (AvgIpc) is 2.38. The van der Waals surface area contributed by atoms with E-state index < -0.39 is 0 Å². The van der Waals surface area contributed by atoms with Gasteiger partial charge in [-0.1, -0.05) is 13.3 Å². The minimum atomic E-state index is -0.0129. The summed E-state index contributed by atoms with van der Waals surface area (Å²) >= 11 is 0. The van der Waals surface area contributed by atoms with E-state index in [1.54, 1.807) is 6.92 Å². The Hall–Kier alpha value is -1.10. The van der Waals surface area contributed by atoms with Crippen molar-refractivity contribution in [2.45, 2.75) is 58.0 Å². The number of carbonyl (C=O) groups excluding carboxylic acids is 2. The maximum Gasteiger partial charge on any atom is 0.227 e. The Morgan fingerprint density at radius 3 is 2.35 bits per heavy atom. The fourth-order valence-electron chi connectivity index (χ4n) is 3.63. The minimum Gasteiger partial charge on any atom is -0.353 e. The van der Waals surface area contributed by atoms with Crippen LogP contribution in [0.25, 0.3) is 0 Å². The molecule has 0 bridgehead atoms. The summed E-state index contributed by atoms with van der Waals surface area (Å²) in [5.41, 5.74) is 6.17. The van der Waals surface area contributed by atoms with Crippen LogP contribution < -0.4 is 11.1 Å². The van der Waals surface area contributed by atoms with Crippen molar-refractivity contribution in [1.82, 2.24) is 10.2 Å². The van der Waals surface area contributed by atoms with Crippen LogP contribution in [-0.4, -0.2) is 41.9 Å². The molecule has 0 aromatic carbocycles. The van der Waals surface area contributed by atoms with E-state index >= 15 is 0 Å². The van der Waals surface area contributed by atoms with E-state index in [1.807, 2.05) is 4.90 Å². The molecular weight excluding hydrogens is 254 g/mol. The third-order valence-electron chi connectivity index (χ3n) is 4.77. The van der Waals surface area contributed by atoms with Gasteiger partial charge in [-0.2, -0.15) is 0 Å². The number of nitrogens with one attached hydrogen (secondary N) is 1. The summed E-state index contributed by atoms with van der Waals surface area (Å²) in [4.78, 5) is 25.7. The van der Waals surface area contributed by atoms with Crippen LogP contribution in [0.2, 0.25) is 0 Å². The first-order chi connectivity index (χ1) is 9.49. The largest absolute Gasteiger partial charge is 0.353 e. The van der Waals surface area contributed by atoms with Gasteiger partial charge < -0.3 is 16.0 Å². The molecule has 1 saturated carbocycles. The normalized spacial score (nSPS) is 31.9. The van der Waals surface area contributed by atoms with E-state index in [0.717, 1.165) is 45.2 Å². The van der Waals surface area contributed by atoms with Crippen LogP contribution in [0.5, 0.6) is 0 Å². The Morgan fingerprint density at radius 1 is 1.15 bits per heavy atom. The first kappa shape index (κ1) is 15.3. The van der Waals surface area contributed by atoms with Gasteiger partial charge in [-0.25, -0.2) is 0 Å². The standard InChI is InChI=1S/C15H27N3O2/c1-10-4-3-5-13(16)14(10)15(20)18-8-6-12(7-9-18)17-11(2)19/h10,12-14H,3-9,16H2,1-2H3,(H,17,19). The monoisotopic (exact) mass is 281 g/mol. The zero-order chi connectivity index (χ0) is 14.7. The molecule has 1 saturated heterocycles. The maximum absolute atomic E-state index is 12.7. The molecule has 5 nitrogen and oxygen atoms in total. The summed E-state index contributed by atoms with van der Waals surface area (Å²) in [7, 11) is 0. The molecule has 2 amide bonds. The van der Waals surface area contributed by atoms with Crippen molar-refractivity contribution in [3.8, 4) is 0 Å². The number of likely N-dealkylation sites (tertiary alicyclic amines) is 1. The molecule has 0 radical (unpaired) electrons. The predicted molar refractivity (Wildman–Crippen MR) is 77.9 cm³/mol. The van der Waals surface area contributed by atoms with Gasteiger partial charge in [0.25, 0.3) is 0 Å². The number of rotatable bonds is 2. The van der Waals surface area contributed by atoms with Gasteiger partial charge in [-0.05, 0) is 31.6 Å². The molecule has 3 atom stereocenters. The Bertz CT molecular complexity index is 354.